The highest BCUT2D eigenvalue weighted by atomic mass is 16.3. The number of hydrogen-bond acceptors (Lipinski definition) is 2. The first-order valence-corrected chi connectivity index (χ1v) is 5.86. The summed E-state index contributed by atoms with van der Waals surface area (Å²) in [6.45, 7) is 4.01. The molecule has 0 amide bonds. The highest BCUT2D eigenvalue weighted by Crippen LogP contribution is 2.36. The third kappa shape index (κ3) is 1.57. The Morgan fingerprint density at radius 2 is 1.69 bits per heavy atom. The van der Waals surface area contributed by atoms with Crippen molar-refractivity contribution in [2.24, 2.45) is 0 Å². The molecule has 2 nitrogen and oxygen atoms in total. The second-order valence-electron chi connectivity index (χ2n) is 4.58. The van der Waals surface area contributed by atoms with Crippen LogP contribution in [0.2, 0.25) is 0 Å². The fourth-order valence-corrected chi connectivity index (χ4v) is 2.76. The summed E-state index contributed by atoms with van der Waals surface area (Å²) in [5, 5.41) is 18.9. The molecule has 1 aromatic carbocycles. The lowest BCUT2D eigenvalue weighted by Crippen LogP contribution is -2.09. The van der Waals surface area contributed by atoms with Gasteiger partial charge in [-0.2, -0.15) is 5.26 Å². The standard InChI is InChI=1S/C14H17NO/c1-9-11-5-3-4-6-12(11)10(2)14(16)13(9)7-8-15/h16H,3-7H2,1-2H3. The zero-order valence-electron chi connectivity index (χ0n) is 9.93. The molecule has 0 atom stereocenters. The van der Waals surface area contributed by atoms with Gasteiger partial charge in [0.15, 0.2) is 0 Å². The van der Waals surface area contributed by atoms with Gasteiger partial charge >= 0.3 is 0 Å². The maximum Gasteiger partial charge on any atom is 0.123 e. The Balaban J connectivity index is 2.66. The van der Waals surface area contributed by atoms with Crippen LogP contribution in [0.25, 0.3) is 0 Å². The largest absolute Gasteiger partial charge is 0.507 e. The van der Waals surface area contributed by atoms with Gasteiger partial charge in [-0.15, -0.1) is 0 Å². The van der Waals surface area contributed by atoms with Gasteiger partial charge in [0.1, 0.15) is 5.75 Å². The number of nitrogens with zero attached hydrogens (tertiary/aromatic N) is 1. The number of fused-ring (bicyclic) bond motifs is 1. The summed E-state index contributed by atoms with van der Waals surface area (Å²) in [7, 11) is 0. The lowest BCUT2D eigenvalue weighted by Gasteiger charge is -2.23. The van der Waals surface area contributed by atoms with Crippen molar-refractivity contribution in [3.63, 3.8) is 0 Å². The van der Waals surface area contributed by atoms with E-state index in [1.807, 2.05) is 13.8 Å². The fraction of sp³-hybridized carbons (Fsp3) is 0.500. The number of phenols is 1. The van der Waals surface area contributed by atoms with Crippen LogP contribution in [0.1, 0.15) is 40.7 Å². The second kappa shape index (κ2) is 4.17. The zero-order valence-corrected chi connectivity index (χ0v) is 9.93. The van der Waals surface area contributed by atoms with E-state index in [0.717, 1.165) is 29.5 Å². The number of hydrogen-bond donors (Lipinski definition) is 1. The van der Waals surface area contributed by atoms with Gasteiger partial charge in [-0.1, -0.05) is 0 Å². The van der Waals surface area contributed by atoms with Gasteiger partial charge < -0.3 is 5.11 Å². The zero-order chi connectivity index (χ0) is 11.7. The van der Waals surface area contributed by atoms with Crippen LogP contribution in [-0.4, -0.2) is 5.11 Å². The molecule has 1 aromatic rings. The number of rotatable bonds is 1. The predicted octanol–water partition coefficient (Wildman–Crippen LogP) is 2.95. The van der Waals surface area contributed by atoms with Gasteiger partial charge in [-0.05, 0) is 61.8 Å². The Bertz CT molecular complexity index is 469. The summed E-state index contributed by atoms with van der Waals surface area (Å²) in [5.74, 6) is 0.347. The van der Waals surface area contributed by atoms with Crippen LogP contribution in [0, 0.1) is 25.2 Å². The number of phenolic OH excluding ortho intramolecular Hbond substituents is 1. The third-order valence-electron chi connectivity index (χ3n) is 3.72. The smallest absolute Gasteiger partial charge is 0.123 e. The molecule has 1 aliphatic rings. The van der Waals surface area contributed by atoms with Crippen LogP contribution < -0.4 is 0 Å². The van der Waals surface area contributed by atoms with Crippen molar-refractivity contribution < 1.29 is 5.11 Å². The molecule has 0 aliphatic heterocycles. The molecule has 0 unspecified atom stereocenters. The molecule has 2 rings (SSSR count). The minimum atomic E-state index is 0.311. The average Bonchev–Trinajstić information content (AvgIpc) is 2.32. The molecule has 0 aromatic heterocycles. The summed E-state index contributed by atoms with van der Waals surface area (Å²) in [4.78, 5) is 0. The lowest BCUT2D eigenvalue weighted by atomic mass is 9.82. The van der Waals surface area contributed by atoms with Crippen molar-refractivity contribution in [1.82, 2.24) is 0 Å². The van der Waals surface area contributed by atoms with E-state index in [2.05, 4.69) is 6.07 Å². The Morgan fingerprint density at radius 3 is 2.25 bits per heavy atom. The highest BCUT2D eigenvalue weighted by Gasteiger charge is 2.20. The molecule has 0 fully saturated rings. The molecule has 0 heterocycles. The van der Waals surface area contributed by atoms with Crippen LogP contribution in [0.3, 0.4) is 0 Å². The van der Waals surface area contributed by atoms with Crippen molar-refractivity contribution in [2.75, 3.05) is 0 Å². The summed E-state index contributed by atoms with van der Waals surface area (Å²) < 4.78 is 0. The van der Waals surface area contributed by atoms with Crippen molar-refractivity contribution in [2.45, 2.75) is 46.0 Å². The molecular formula is C14H17NO. The van der Waals surface area contributed by atoms with Gasteiger partial charge in [0.2, 0.25) is 0 Å². The van der Waals surface area contributed by atoms with Crippen LogP contribution >= 0.6 is 0 Å². The van der Waals surface area contributed by atoms with Gasteiger partial charge in [0, 0.05) is 5.56 Å². The quantitative estimate of drug-likeness (QED) is 0.782. The molecule has 2 heteroatoms. The normalized spacial score (nSPS) is 14.3. The van der Waals surface area contributed by atoms with E-state index in [-0.39, 0.29) is 0 Å². The first kappa shape index (κ1) is 11.0. The Labute approximate surface area is 96.5 Å². The molecule has 84 valence electrons. The maximum atomic E-state index is 10.1. The molecule has 0 saturated carbocycles. The first-order chi connectivity index (χ1) is 7.66. The molecule has 0 saturated heterocycles. The van der Waals surface area contributed by atoms with E-state index in [9.17, 15) is 5.11 Å². The van der Waals surface area contributed by atoms with Crippen LogP contribution in [0.4, 0.5) is 0 Å². The molecular weight excluding hydrogens is 198 g/mol. The van der Waals surface area contributed by atoms with Crippen molar-refractivity contribution in [3.05, 3.63) is 27.8 Å². The lowest BCUT2D eigenvalue weighted by molar-refractivity contribution is 0.462. The van der Waals surface area contributed by atoms with Crippen LogP contribution in [0.5, 0.6) is 5.75 Å². The van der Waals surface area contributed by atoms with Gasteiger partial charge in [-0.3, -0.25) is 0 Å². The van der Waals surface area contributed by atoms with Gasteiger partial charge in [0.05, 0.1) is 12.5 Å². The Hall–Kier alpha value is -1.49. The first-order valence-electron chi connectivity index (χ1n) is 5.86. The average molecular weight is 215 g/mol. The monoisotopic (exact) mass is 215 g/mol. The van der Waals surface area contributed by atoms with E-state index >= 15 is 0 Å². The number of benzene rings is 1. The van der Waals surface area contributed by atoms with Crippen molar-refractivity contribution in [3.8, 4) is 11.8 Å². The summed E-state index contributed by atoms with van der Waals surface area (Å²) in [5.41, 5.74) is 5.67. The highest BCUT2D eigenvalue weighted by molar-refractivity contribution is 5.55. The van der Waals surface area contributed by atoms with E-state index in [1.165, 1.54) is 24.0 Å². The minimum absolute atomic E-state index is 0.311. The Morgan fingerprint density at radius 1 is 1.12 bits per heavy atom. The molecule has 16 heavy (non-hydrogen) atoms. The molecule has 1 aliphatic carbocycles. The Kier molecular flexibility index (Phi) is 2.87. The van der Waals surface area contributed by atoms with Crippen LogP contribution in [0.15, 0.2) is 0 Å². The molecule has 1 N–H and O–H groups in total. The molecule has 0 bridgehead atoms. The summed E-state index contributed by atoms with van der Waals surface area (Å²) >= 11 is 0. The SMILES string of the molecule is Cc1c(O)c(CC#N)c(C)c2c1CCCC2. The number of aromatic hydroxyl groups is 1. The topological polar surface area (TPSA) is 44.0 Å². The van der Waals surface area contributed by atoms with Crippen molar-refractivity contribution in [1.29, 1.82) is 5.26 Å². The number of nitriles is 1. The van der Waals surface area contributed by atoms with Crippen LogP contribution in [-0.2, 0) is 19.3 Å². The summed E-state index contributed by atoms with van der Waals surface area (Å²) in [6.07, 6.45) is 4.92. The van der Waals surface area contributed by atoms with E-state index < -0.39 is 0 Å². The second-order valence-corrected chi connectivity index (χ2v) is 4.58. The predicted molar refractivity (Wildman–Crippen MR) is 63.5 cm³/mol. The maximum absolute atomic E-state index is 10.1. The minimum Gasteiger partial charge on any atom is -0.507 e. The van der Waals surface area contributed by atoms with Crippen molar-refractivity contribution >= 4 is 0 Å². The fourth-order valence-electron chi connectivity index (χ4n) is 2.76. The van der Waals surface area contributed by atoms with Gasteiger partial charge in [0.25, 0.3) is 0 Å². The third-order valence-corrected chi connectivity index (χ3v) is 3.72. The van der Waals surface area contributed by atoms with E-state index in [0.29, 0.717) is 12.2 Å². The molecule has 0 spiro atoms. The van der Waals surface area contributed by atoms with Gasteiger partial charge in [-0.25, -0.2) is 0 Å². The van der Waals surface area contributed by atoms with E-state index in [4.69, 9.17) is 5.26 Å². The molecule has 0 radical (unpaired) electrons. The summed E-state index contributed by atoms with van der Waals surface area (Å²) in [6, 6.07) is 2.14. The van der Waals surface area contributed by atoms with E-state index in [1.54, 1.807) is 0 Å².